The lowest BCUT2D eigenvalue weighted by atomic mass is 10.0. The fourth-order valence-corrected chi connectivity index (χ4v) is 5.28. The molecule has 23 heavy (non-hydrogen) atoms. The van der Waals surface area contributed by atoms with Gasteiger partial charge in [0.25, 0.3) is 5.91 Å². The van der Waals surface area contributed by atoms with E-state index in [9.17, 15) is 4.79 Å². The Kier molecular flexibility index (Phi) is 4.36. The molecule has 2 fully saturated rings. The Morgan fingerprint density at radius 2 is 2.04 bits per heavy atom. The zero-order chi connectivity index (χ0) is 16.0. The van der Waals surface area contributed by atoms with Gasteiger partial charge in [-0.05, 0) is 38.1 Å². The quantitative estimate of drug-likeness (QED) is 0.813. The van der Waals surface area contributed by atoms with Gasteiger partial charge in [-0.1, -0.05) is 33.6 Å². The van der Waals surface area contributed by atoms with Gasteiger partial charge in [0.2, 0.25) is 0 Å². The Hall–Kier alpha value is -0.660. The van der Waals surface area contributed by atoms with Crippen molar-refractivity contribution in [3.63, 3.8) is 0 Å². The average Bonchev–Trinajstić information content (AvgIpc) is 2.83. The van der Waals surface area contributed by atoms with Crippen LogP contribution < -0.4 is 5.32 Å². The van der Waals surface area contributed by atoms with Crippen LogP contribution >= 0.6 is 38.9 Å². The first-order valence-electron chi connectivity index (χ1n) is 7.75. The van der Waals surface area contributed by atoms with Crippen LogP contribution in [0.25, 0.3) is 10.1 Å². The topological polar surface area (TPSA) is 35.6 Å². The van der Waals surface area contributed by atoms with E-state index in [1.54, 1.807) is 0 Å². The van der Waals surface area contributed by atoms with Crippen LogP contribution in [-0.4, -0.2) is 48.2 Å². The predicted molar refractivity (Wildman–Crippen MR) is 98.2 cm³/mol. The Bertz CT molecular complexity index is 753. The Morgan fingerprint density at radius 1 is 1.30 bits per heavy atom. The molecule has 2 aliphatic rings. The third kappa shape index (κ3) is 2.91. The predicted octanol–water partition coefficient (Wildman–Crippen LogP) is 3.74. The van der Waals surface area contributed by atoms with Crippen LogP contribution in [0.5, 0.6) is 0 Å². The maximum absolute atomic E-state index is 12.7. The zero-order valence-corrected chi connectivity index (χ0v) is 15.7. The zero-order valence-electron chi connectivity index (χ0n) is 12.5. The maximum Gasteiger partial charge on any atom is 0.267 e. The van der Waals surface area contributed by atoms with Crippen LogP contribution in [0.1, 0.15) is 22.5 Å². The molecule has 0 unspecified atom stereocenters. The van der Waals surface area contributed by atoms with E-state index in [2.05, 4.69) is 26.1 Å². The molecular weight excluding hydrogens is 398 g/mol. The van der Waals surface area contributed by atoms with E-state index in [-0.39, 0.29) is 5.91 Å². The van der Waals surface area contributed by atoms with E-state index in [0.29, 0.717) is 15.9 Å². The van der Waals surface area contributed by atoms with Gasteiger partial charge in [0.1, 0.15) is 4.88 Å². The molecule has 4 nitrogen and oxygen atoms in total. The Morgan fingerprint density at radius 3 is 2.78 bits per heavy atom. The van der Waals surface area contributed by atoms with Crippen molar-refractivity contribution < 1.29 is 4.79 Å². The number of piperidine rings is 1. The van der Waals surface area contributed by atoms with Gasteiger partial charge >= 0.3 is 0 Å². The largest absolute Gasteiger partial charge is 0.317 e. The van der Waals surface area contributed by atoms with E-state index >= 15 is 0 Å². The van der Waals surface area contributed by atoms with Crippen LogP contribution in [0.3, 0.4) is 0 Å². The van der Waals surface area contributed by atoms with Crippen molar-refractivity contribution in [2.45, 2.75) is 18.9 Å². The van der Waals surface area contributed by atoms with Crippen LogP contribution in [0.15, 0.2) is 22.7 Å². The molecule has 2 saturated heterocycles. The normalized spacial score (nSPS) is 20.0. The molecule has 0 aliphatic carbocycles. The van der Waals surface area contributed by atoms with Gasteiger partial charge in [-0.2, -0.15) is 0 Å². The summed E-state index contributed by atoms with van der Waals surface area (Å²) in [6, 6.07) is 6.54. The van der Waals surface area contributed by atoms with E-state index in [1.807, 2.05) is 23.1 Å². The third-order valence-electron chi connectivity index (χ3n) is 4.60. The van der Waals surface area contributed by atoms with Gasteiger partial charge in [-0.15, -0.1) is 11.3 Å². The molecule has 1 aromatic carbocycles. The second-order valence-electron chi connectivity index (χ2n) is 6.08. The first-order chi connectivity index (χ1) is 11.1. The van der Waals surface area contributed by atoms with E-state index in [4.69, 9.17) is 11.6 Å². The third-order valence-corrected chi connectivity index (χ3v) is 6.74. The highest BCUT2D eigenvalue weighted by Gasteiger charge is 2.35. The molecule has 1 amide bonds. The van der Waals surface area contributed by atoms with E-state index < -0.39 is 0 Å². The minimum atomic E-state index is 0.0532. The summed E-state index contributed by atoms with van der Waals surface area (Å²) < 4.78 is 2.05. The highest BCUT2D eigenvalue weighted by molar-refractivity contribution is 9.10. The first-order valence-corrected chi connectivity index (χ1v) is 9.74. The molecule has 3 heterocycles. The summed E-state index contributed by atoms with van der Waals surface area (Å²) >= 11 is 11.4. The maximum atomic E-state index is 12.7. The summed E-state index contributed by atoms with van der Waals surface area (Å²) in [5, 5.41) is 4.92. The number of hydrogen-bond donors (Lipinski definition) is 1. The Labute approximate surface area is 152 Å². The molecular formula is C16H17BrClN3OS. The van der Waals surface area contributed by atoms with E-state index in [1.165, 1.54) is 24.2 Å². The molecule has 4 rings (SSSR count). The molecule has 1 aromatic heterocycles. The summed E-state index contributed by atoms with van der Waals surface area (Å²) in [6.07, 6.45) is 2.33. The number of carbonyl (C=O) groups excluding carboxylic acids is 1. The molecule has 2 aliphatic heterocycles. The molecule has 0 saturated carbocycles. The van der Waals surface area contributed by atoms with Crippen molar-refractivity contribution in [3.8, 4) is 0 Å². The number of hydrogen-bond acceptors (Lipinski definition) is 4. The lowest BCUT2D eigenvalue weighted by Gasteiger charge is -2.47. The molecule has 0 radical (unpaired) electrons. The highest BCUT2D eigenvalue weighted by Crippen LogP contribution is 2.38. The summed E-state index contributed by atoms with van der Waals surface area (Å²) in [4.78, 5) is 17.7. The van der Waals surface area contributed by atoms with Crippen LogP contribution in [-0.2, 0) is 0 Å². The monoisotopic (exact) mass is 413 g/mol. The molecule has 2 aromatic rings. The average molecular weight is 415 g/mol. The van der Waals surface area contributed by atoms with E-state index in [0.717, 1.165) is 41.0 Å². The standard InChI is InChI=1S/C16H17BrClN3OS/c17-10-1-2-12-13(7-10)23-15(14(12)18)16(22)21-8-20(9-21)11-3-5-19-6-4-11/h1-2,7,11,19H,3-6,8-9H2. The van der Waals surface area contributed by atoms with Crippen LogP contribution in [0.4, 0.5) is 0 Å². The first kappa shape index (κ1) is 15.8. The van der Waals surface area contributed by atoms with Gasteiger partial charge in [-0.25, -0.2) is 0 Å². The van der Waals surface area contributed by atoms with Crippen LogP contribution in [0.2, 0.25) is 5.02 Å². The minimum Gasteiger partial charge on any atom is -0.317 e. The number of nitrogens with one attached hydrogen (secondary N) is 1. The Balaban J connectivity index is 1.49. The summed E-state index contributed by atoms with van der Waals surface area (Å²) in [7, 11) is 0. The fraction of sp³-hybridized carbons (Fsp3) is 0.438. The van der Waals surface area contributed by atoms with Gasteiger partial charge in [-0.3, -0.25) is 9.69 Å². The van der Waals surface area contributed by atoms with Crippen molar-refractivity contribution in [2.75, 3.05) is 26.4 Å². The SMILES string of the molecule is O=C(c1sc2cc(Br)ccc2c1Cl)N1CN(C2CCNCC2)C1. The number of benzene rings is 1. The number of thiophene rings is 1. The van der Waals surface area contributed by atoms with Crippen molar-refractivity contribution in [3.05, 3.63) is 32.6 Å². The fourth-order valence-electron chi connectivity index (χ4n) is 3.25. The van der Waals surface area contributed by atoms with Gasteiger partial charge in [0, 0.05) is 20.6 Å². The lowest BCUT2D eigenvalue weighted by Crippen LogP contribution is -2.62. The van der Waals surface area contributed by atoms with Crippen molar-refractivity contribution in [2.24, 2.45) is 0 Å². The number of fused-ring (bicyclic) bond motifs is 1. The number of amides is 1. The minimum absolute atomic E-state index is 0.0532. The second-order valence-corrected chi connectivity index (χ2v) is 8.43. The second kappa shape index (κ2) is 6.33. The summed E-state index contributed by atoms with van der Waals surface area (Å²) in [5.41, 5.74) is 0. The number of nitrogens with zero attached hydrogens (tertiary/aromatic N) is 2. The smallest absolute Gasteiger partial charge is 0.267 e. The molecule has 0 bridgehead atoms. The molecule has 0 spiro atoms. The number of rotatable bonds is 2. The van der Waals surface area contributed by atoms with Crippen molar-refractivity contribution in [1.82, 2.24) is 15.1 Å². The van der Waals surface area contributed by atoms with Gasteiger partial charge < -0.3 is 10.2 Å². The van der Waals surface area contributed by atoms with Gasteiger partial charge in [0.05, 0.1) is 18.4 Å². The van der Waals surface area contributed by atoms with Gasteiger partial charge in [0.15, 0.2) is 0 Å². The molecule has 7 heteroatoms. The van der Waals surface area contributed by atoms with Crippen molar-refractivity contribution >= 4 is 54.9 Å². The molecule has 0 atom stereocenters. The highest BCUT2D eigenvalue weighted by atomic mass is 79.9. The number of halogens is 2. The molecule has 1 N–H and O–H groups in total. The lowest BCUT2D eigenvalue weighted by molar-refractivity contribution is -0.0471. The molecule has 122 valence electrons. The number of carbonyl (C=O) groups is 1. The summed E-state index contributed by atoms with van der Waals surface area (Å²) in [6.45, 7) is 3.59. The van der Waals surface area contributed by atoms with Crippen molar-refractivity contribution in [1.29, 1.82) is 0 Å². The summed E-state index contributed by atoms with van der Waals surface area (Å²) in [5.74, 6) is 0.0532. The van der Waals surface area contributed by atoms with Crippen LogP contribution in [0, 0.1) is 0 Å².